The number of methoxy groups -OCH3 is 1. The molecule has 0 spiro atoms. The standard InChI is InChI=1S/C24H27N3O6S/c1-33-21-10-9-19(34(31,32)26-13-4-2-3-5-14-26)16-20(21)25-24(30)17-7-6-8-18(15-17)27-22(28)11-12-23(27)29/h6-10,15-16H,2-5,11-14H2,1H3,(H,25,30). The molecular weight excluding hydrogens is 458 g/mol. The van der Waals surface area contributed by atoms with Gasteiger partial charge in [-0.1, -0.05) is 18.9 Å². The molecular formula is C24H27N3O6S. The summed E-state index contributed by atoms with van der Waals surface area (Å²) in [6.45, 7) is 0.938. The summed E-state index contributed by atoms with van der Waals surface area (Å²) in [5.41, 5.74) is 0.750. The van der Waals surface area contributed by atoms with E-state index in [1.54, 1.807) is 18.2 Å². The first kappa shape index (κ1) is 23.9. The molecule has 1 N–H and O–H groups in total. The first-order valence-corrected chi connectivity index (χ1v) is 12.7. The van der Waals surface area contributed by atoms with Crippen LogP contribution in [0.5, 0.6) is 5.75 Å². The molecule has 0 saturated carbocycles. The number of nitrogens with zero attached hydrogens (tertiary/aromatic N) is 2. The zero-order valence-corrected chi connectivity index (χ0v) is 19.8. The van der Waals surface area contributed by atoms with Crippen molar-refractivity contribution in [1.29, 1.82) is 0 Å². The molecule has 0 radical (unpaired) electrons. The summed E-state index contributed by atoms with van der Waals surface area (Å²) in [6.07, 6.45) is 3.93. The molecule has 3 amide bonds. The van der Waals surface area contributed by atoms with Gasteiger partial charge < -0.3 is 10.1 Å². The van der Waals surface area contributed by atoms with Crippen LogP contribution in [0.4, 0.5) is 11.4 Å². The van der Waals surface area contributed by atoms with Crippen LogP contribution in [0.2, 0.25) is 0 Å². The Bertz CT molecular complexity index is 1200. The zero-order valence-electron chi connectivity index (χ0n) is 19.0. The number of carbonyl (C=O) groups is 3. The van der Waals surface area contributed by atoms with Gasteiger partial charge in [0.05, 0.1) is 23.4 Å². The van der Waals surface area contributed by atoms with E-state index in [-0.39, 0.29) is 40.8 Å². The van der Waals surface area contributed by atoms with Gasteiger partial charge in [0, 0.05) is 31.5 Å². The molecule has 2 aromatic rings. The Hall–Kier alpha value is -3.24. The molecule has 2 aromatic carbocycles. The Labute approximate surface area is 198 Å². The monoisotopic (exact) mass is 485 g/mol. The van der Waals surface area contributed by atoms with E-state index in [1.165, 1.54) is 35.7 Å². The normalized spacial score (nSPS) is 17.5. The van der Waals surface area contributed by atoms with E-state index < -0.39 is 15.9 Å². The van der Waals surface area contributed by atoms with Gasteiger partial charge in [0.25, 0.3) is 5.91 Å². The Morgan fingerprint density at radius 2 is 1.62 bits per heavy atom. The number of benzene rings is 2. The van der Waals surface area contributed by atoms with Gasteiger partial charge in [-0.3, -0.25) is 19.3 Å². The lowest BCUT2D eigenvalue weighted by Gasteiger charge is -2.21. The first-order valence-electron chi connectivity index (χ1n) is 11.3. The minimum Gasteiger partial charge on any atom is -0.495 e. The Kier molecular flexibility index (Phi) is 6.99. The average Bonchev–Trinajstić information content (AvgIpc) is 3.02. The second kappa shape index (κ2) is 9.94. The number of carbonyl (C=O) groups excluding carboxylic acids is 3. The maximum absolute atomic E-state index is 13.2. The molecule has 9 nitrogen and oxygen atoms in total. The number of amides is 3. The number of hydrogen-bond donors (Lipinski definition) is 1. The van der Waals surface area contributed by atoms with Crippen LogP contribution in [0.1, 0.15) is 48.9 Å². The minimum absolute atomic E-state index is 0.0764. The number of imide groups is 1. The van der Waals surface area contributed by atoms with Crippen molar-refractivity contribution >= 4 is 39.1 Å². The fourth-order valence-corrected chi connectivity index (χ4v) is 5.77. The summed E-state index contributed by atoms with van der Waals surface area (Å²) in [6, 6.07) is 10.6. The molecule has 0 unspecified atom stereocenters. The fraction of sp³-hybridized carbons (Fsp3) is 0.375. The highest BCUT2D eigenvalue weighted by Crippen LogP contribution is 2.31. The van der Waals surface area contributed by atoms with Crippen molar-refractivity contribution in [2.45, 2.75) is 43.4 Å². The number of rotatable bonds is 6. The molecule has 4 rings (SSSR count). The van der Waals surface area contributed by atoms with Crippen LogP contribution in [-0.2, 0) is 19.6 Å². The molecule has 180 valence electrons. The number of nitrogens with one attached hydrogen (secondary N) is 1. The van der Waals surface area contributed by atoms with Crippen LogP contribution >= 0.6 is 0 Å². The van der Waals surface area contributed by atoms with E-state index >= 15 is 0 Å². The number of ether oxygens (including phenoxy) is 1. The molecule has 34 heavy (non-hydrogen) atoms. The van der Waals surface area contributed by atoms with Crippen molar-refractivity contribution in [3.63, 3.8) is 0 Å². The quantitative estimate of drug-likeness (QED) is 0.629. The van der Waals surface area contributed by atoms with Gasteiger partial charge in [-0.2, -0.15) is 4.31 Å². The van der Waals surface area contributed by atoms with Crippen LogP contribution in [0, 0.1) is 0 Å². The van der Waals surface area contributed by atoms with E-state index in [9.17, 15) is 22.8 Å². The van der Waals surface area contributed by atoms with E-state index in [1.807, 2.05) is 0 Å². The van der Waals surface area contributed by atoms with E-state index in [0.29, 0.717) is 24.5 Å². The van der Waals surface area contributed by atoms with Crippen molar-refractivity contribution in [3.05, 3.63) is 48.0 Å². The van der Waals surface area contributed by atoms with Gasteiger partial charge in [-0.05, 0) is 49.2 Å². The molecule has 2 saturated heterocycles. The summed E-state index contributed by atoms with van der Waals surface area (Å²) in [5.74, 6) is -0.834. The number of anilines is 2. The van der Waals surface area contributed by atoms with Crippen molar-refractivity contribution in [3.8, 4) is 5.75 Å². The maximum atomic E-state index is 13.2. The number of hydrogen-bond acceptors (Lipinski definition) is 6. The summed E-state index contributed by atoms with van der Waals surface area (Å²) in [7, 11) is -2.29. The molecule has 0 aliphatic carbocycles. The Morgan fingerprint density at radius 3 is 2.26 bits per heavy atom. The topological polar surface area (TPSA) is 113 Å². The van der Waals surface area contributed by atoms with Gasteiger partial charge in [-0.15, -0.1) is 0 Å². The summed E-state index contributed by atoms with van der Waals surface area (Å²) < 4.78 is 33.2. The van der Waals surface area contributed by atoms with Crippen LogP contribution in [-0.4, -0.2) is 50.6 Å². The Balaban J connectivity index is 1.60. The lowest BCUT2D eigenvalue weighted by molar-refractivity contribution is -0.121. The van der Waals surface area contributed by atoms with Crippen molar-refractivity contribution in [2.75, 3.05) is 30.4 Å². The molecule has 0 bridgehead atoms. The highest BCUT2D eigenvalue weighted by atomic mass is 32.2. The maximum Gasteiger partial charge on any atom is 0.255 e. The Morgan fingerprint density at radius 1 is 0.941 bits per heavy atom. The molecule has 2 aliphatic heterocycles. The van der Waals surface area contributed by atoms with Gasteiger partial charge in [0.15, 0.2) is 0 Å². The molecule has 2 heterocycles. The molecule has 2 aliphatic rings. The predicted octanol–water partition coefficient (Wildman–Crippen LogP) is 3.17. The summed E-state index contributed by atoms with van der Waals surface area (Å²) >= 11 is 0. The summed E-state index contributed by atoms with van der Waals surface area (Å²) in [4.78, 5) is 38.3. The van der Waals surface area contributed by atoms with Crippen molar-refractivity contribution < 1.29 is 27.5 Å². The first-order chi connectivity index (χ1) is 16.3. The predicted molar refractivity (Wildman–Crippen MR) is 126 cm³/mol. The van der Waals surface area contributed by atoms with E-state index in [0.717, 1.165) is 30.6 Å². The van der Waals surface area contributed by atoms with Gasteiger partial charge in [0.1, 0.15) is 5.75 Å². The van der Waals surface area contributed by atoms with Crippen LogP contribution < -0.4 is 15.0 Å². The van der Waals surface area contributed by atoms with E-state index in [4.69, 9.17) is 4.74 Å². The average molecular weight is 486 g/mol. The zero-order chi connectivity index (χ0) is 24.3. The van der Waals surface area contributed by atoms with Gasteiger partial charge in [0.2, 0.25) is 21.8 Å². The summed E-state index contributed by atoms with van der Waals surface area (Å²) in [5, 5.41) is 2.71. The smallest absolute Gasteiger partial charge is 0.255 e. The third kappa shape index (κ3) is 4.83. The van der Waals surface area contributed by atoms with Crippen LogP contribution in [0.25, 0.3) is 0 Å². The molecule has 0 atom stereocenters. The highest BCUT2D eigenvalue weighted by molar-refractivity contribution is 7.89. The lowest BCUT2D eigenvalue weighted by atomic mass is 10.1. The van der Waals surface area contributed by atoms with Crippen molar-refractivity contribution in [1.82, 2.24) is 4.31 Å². The minimum atomic E-state index is -3.72. The molecule has 2 fully saturated rings. The second-order valence-electron chi connectivity index (χ2n) is 8.31. The SMILES string of the molecule is COc1ccc(S(=O)(=O)N2CCCCCC2)cc1NC(=O)c1cccc(N2C(=O)CCC2=O)c1. The fourth-order valence-electron chi connectivity index (χ4n) is 4.22. The third-order valence-electron chi connectivity index (χ3n) is 6.04. The third-order valence-corrected chi connectivity index (χ3v) is 7.93. The second-order valence-corrected chi connectivity index (χ2v) is 10.2. The van der Waals surface area contributed by atoms with Crippen molar-refractivity contribution in [2.24, 2.45) is 0 Å². The largest absolute Gasteiger partial charge is 0.495 e. The molecule has 0 aromatic heterocycles. The van der Waals surface area contributed by atoms with Crippen LogP contribution in [0.3, 0.4) is 0 Å². The highest BCUT2D eigenvalue weighted by Gasteiger charge is 2.31. The van der Waals surface area contributed by atoms with Gasteiger partial charge >= 0.3 is 0 Å². The van der Waals surface area contributed by atoms with Gasteiger partial charge in [-0.25, -0.2) is 8.42 Å². The lowest BCUT2D eigenvalue weighted by Crippen LogP contribution is -2.32. The molecule has 10 heteroatoms. The van der Waals surface area contributed by atoms with E-state index in [2.05, 4.69) is 5.32 Å². The van der Waals surface area contributed by atoms with Crippen LogP contribution in [0.15, 0.2) is 47.4 Å². The number of sulfonamides is 1.